The van der Waals surface area contributed by atoms with Gasteiger partial charge in [-0.3, -0.25) is 4.79 Å². The number of rotatable bonds is 4. The van der Waals surface area contributed by atoms with Crippen molar-refractivity contribution in [1.82, 2.24) is 20.2 Å². The van der Waals surface area contributed by atoms with Crippen LogP contribution < -0.4 is 10.6 Å². The molecule has 0 radical (unpaired) electrons. The van der Waals surface area contributed by atoms with Gasteiger partial charge in [-0.2, -0.15) is 0 Å². The van der Waals surface area contributed by atoms with E-state index >= 15 is 0 Å². The summed E-state index contributed by atoms with van der Waals surface area (Å²) in [5.74, 6) is 0.0554. The van der Waals surface area contributed by atoms with Crippen LogP contribution in [0.5, 0.6) is 0 Å². The van der Waals surface area contributed by atoms with Crippen LogP contribution >= 0.6 is 0 Å². The normalized spacial score (nSPS) is 19.9. The van der Waals surface area contributed by atoms with E-state index in [1.165, 1.54) is 0 Å². The molecule has 1 aromatic rings. The summed E-state index contributed by atoms with van der Waals surface area (Å²) in [7, 11) is 0. The van der Waals surface area contributed by atoms with Gasteiger partial charge in [0.05, 0.1) is 24.8 Å². The lowest BCUT2D eigenvalue weighted by Crippen LogP contribution is -2.41. The molecule has 1 fully saturated rings. The third-order valence-corrected chi connectivity index (χ3v) is 3.10. The predicted molar refractivity (Wildman–Crippen MR) is 76.3 cm³/mol. The molecule has 0 saturated carbocycles. The second kappa shape index (κ2) is 6.37. The zero-order valence-corrected chi connectivity index (χ0v) is 12.5. The summed E-state index contributed by atoms with van der Waals surface area (Å²) in [6, 6.07) is 0. The number of hydrogen-bond acceptors (Lipinski definition) is 4. The molecule has 1 saturated heterocycles. The topological polar surface area (TPSA) is 68.2 Å². The van der Waals surface area contributed by atoms with Crippen LogP contribution in [-0.4, -0.2) is 40.7 Å². The minimum absolute atomic E-state index is 0.0249. The maximum Gasteiger partial charge on any atom is 0.222 e. The van der Waals surface area contributed by atoms with Crippen molar-refractivity contribution in [3.63, 3.8) is 0 Å². The van der Waals surface area contributed by atoms with Crippen molar-refractivity contribution in [2.45, 2.75) is 45.4 Å². The predicted octanol–water partition coefficient (Wildman–Crippen LogP) is 0.849. The average Bonchev–Trinajstić information content (AvgIpc) is 2.83. The Bertz CT molecular complexity index is 444. The first-order valence-corrected chi connectivity index (χ1v) is 7.09. The second-order valence-corrected chi connectivity index (χ2v) is 6.12. The fraction of sp³-hybridized carbons (Fsp3) is 0.714. The molecule has 1 amide bonds. The van der Waals surface area contributed by atoms with Gasteiger partial charge >= 0.3 is 0 Å². The fourth-order valence-corrected chi connectivity index (χ4v) is 2.24. The highest BCUT2D eigenvalue weighted by Gasteiger charge is 2.20. The first-order valence-electron chi connectivity index (χ1n) is 7.09. The number of morpholine rings is 1. The molecule has 1 aliphatic heterocycles. The summed E-state index contributed by atoms with van der Waals surface area (Å²) in [4.78, 5) is 16.0. The summed E-state index contributed by atoms with van der Waals surface area (Å²) in [6.45, 7) is 8.95. The van der Waals surface area contributed by atoms with Crippen molar-refractivity contribution in [3.8, 4) is 0 Å². The molecular weight excluding hydrogens is 256 g/mol. The van der Waals surface area contributed by atoms with Crippen LogP contribution in [0.2, 0.25) is 0 Å². The average molecular weight is 280 g/mol. The Morgan fingerprint density at radius 2 is 2.40 bits per heavy atom. The number of nitrogens with one attached hydrogen (secondary N) is 2. The quantitative estimate of drug-likeness (QED) is 0.858. The summed E-state index contributed by atoms with van der Waals surface area (Å²) < 4.78 is 7.73. The number of ether oxygens (including phenoxy) is 1. The largest absolute Gasteiger partial charge is 0.369 e. The summed E-state index contributed by atoms with van der Waals surface area (Å²) in [5, 5.41) is 6.27. The van der Waals surface area contributed by atoms with Crippen molar-refractivity contribution in [2.75, 3.05) is 19.7 Å². The smallest absolute Gasteiger partial charge is 0.222 e. The third-order valence-electron chi connectivity index (χ3n) is 3.10. The molecule has 1 aromatic heterocycles. The Morgan fingerprint density at radius 1 is 1.60 bits per heavy atom. The van der Waals surface area contributed by atoms with Gasteiger partial charge in [0.1, 0.15) is 6.10 Å². The SMILES string of the molecule is CC(C)(C)NC(=O)CCn1cncc1C1CNCCO1. The molecule has 6 heteroatoms. The third kappa shape index (κ3) is 4.31. The molecular formula is C14H24N4O2. The first-order chi connectivity index (χ1) is 9.46. The number of carbonyl (C=O) groups is 1. The lowest BCUT2D eigenvalue weighted by atomic mass is 10.1. The van der Waals surface area contributed by atoms with Crippen LogP contribution in [0.1, 0.15) is 39.0 Å². The lowest BCUT2D eigenvalue weighted by Gasteiger charge is -2.25. The summed E-state index contributed by atoms with van der Waals surface area (Å²) in [6.07, 6.45) is 4.05. The standard InChI is InChI=1S/C14H24N4O2/c1-14(2,3)17-13(19)4-6-18-10-16-8-11(18)12-9-15-5-7-20-12/h8,10,12,15H,4-7,9H2,1-3H3,(H,17,19). The van der Waals surface area contributed by atoms with Crippen LogP contribution in [0.15, 0.2) is 12.5 Å². The Balaban J connectivity index is 1.90. The molecule has 6 nitrogen and oxygen atoms in total. The zero-order chi connectivity index (χ0) is 14.6. The Hall–Kier alpha value is -1.40. The molecule has 20 heavy (non-hydrogen) atoms. The highest BCUT2D eigenvalue weighted by molar-refractivity contribution is 5.76. The number of carbonyl (C=O) groups excluding carboxylic acids is 1. The number of aromatic nitrogens is 2. The minimum Gasteiger partial charge on any atom is -0.369 e. The summed E-state index contributed by atoms with van der Waals surface area (Å²) >= 11 is 0. The van der Waals surface area contributed by atoms with E-state index < -0.39 is 0 Å². The van der Waals surface area contributed by atoms with E-state index in [4.69, 9.17) is 4.74 Å². The molecule has 0 aromatic carbocycles. The van der Waals surface area contributed by atoms with Crippen molar-refractivity contribution >= 4 is 5.91 Å². The molecule has 0 bridgehead atoms. The van der Waals surface area contributed by atoms with E-state index in [0.717, 1.165) is 18.8 Å². The molecule has 1 unspecified atom stereocenters. The number of imidazole rings is 1. The number of aryl methyl sites for hydroxylation is 1. The van der Waals surface area contributed by atoms with Gasteiger partial charge in [-0.15, -0.1) is 0 Å². The van der Waals surface area contributed by atoms with Gasteiger partial charge in [0.25, 0.3) is 0 Å². The van der Waals surface area contributed by atoms with Crippen LogP contribution in [0.3, 0.4) is 0 Å². The highest BCUT2D eigenvalue weighted by atomic mass is 16.5. The monoisotopic (exact) mass is 280 g/mol. The maximum atomic E-state index is 11.9. The molecule has 2 rings (SSSR count). The first kappa shape index (κ1) is 15.0. The van der Waals surface area contributed by atoms with Crippen molar-refractivity contribution in [1.29, 1.82) is 0 Å². The van der Waals surface area contributed by atoms with E-state index in [-0.39, 0.29) is 17.6 Å². The van der Waals surface area contributed by atoms with Gasteiger partial charge in [-0.25, -0.2) is 4.98 Å². The van der Waals surface area contributed by atoms with Gasteiger partial charge in [0, 0.05) is 31.6 Å². The Labute approximate surface area is 119 Å². The van der Waals surface area contributed by atoms with Crippen LogP contribution in [-0.2, 0) is 16.1 Å². The van der Waals surface area contributed by atoms with Gasteiger partial charge in [-0.1, -0.05) is 0 Å². The number of amides is 1. The molecule has 1 atom stereocenters. The zero-order valence-electron chi connectivity index (χ0n) is 12.5. The van der Waals surface area contributed by atoms with E-state index in [1.807, 2.05) is 31.5 Å². The maximum absolute atomic E-state index is 11.9. The fourth-order valence-electron chi connectivity index (χ4n) is 2.24. The van der Waals surface area contributed by atoms with E-state index in [2.05, 4.69) is 15.6 Å². The molecule has 0 spiro atoms. The van der Waals surface area contributed by atoms with Gasteiger partial charge in [0.15, 0.2) is 0 Å². The van der Waals surface area contributed by atoms with Crippen molar-refractivity contribution in [3.05, 3.63) is 18.2 Å². The van der Waals surface area contributed by atoms with E-state index in [0.29, 0.717) is 19.6 Å². The van der Waals surface area contributed by atoms with E-state index in [1.54, 1.807) is 6.33 Å². The molecule has 112 valence electrons. The molecule has 1 aliphatic rings. The molecule has 2 N–H and O–H groups in total. The second-order valence-electron chi connectivity index (χ2n) is 6.12. The highest BCUT2D eigenvalue weighted by Crippen LogP contribution is 2.18. The van der Waals surface area contributed by atoms with E-state index in [9.17, 15) is 4.79 Å². The van der Waals surface area contributed by atoms with Gasteiger partial charge in [0.2, 0.25) is 5.91 Å². The minimum atomic E-state index is -0.189. The number of nitrogens with zero attached hydrogens (tertiary/aromatic N) is 2. The van der Waals surface area contributed by atoms with Crippen LogP contribution in [0.4, 0.5) is 0 Å². The summed E-state index contributed by atoms with van der Waals surface area (Å²) in [5.41, 5.74) is 0.839. The van der Waals surface area contributed by atoms with Crippen LogP contribution in [0, 0.1) is 0 Å². The van der Waals surface area contributed by atoms with Gasteiger partial charge in [-0.05, 0) is 20.8 Å². The molecule has 0 aliphatic carbocycles. The van der Waals surface area contributed by atoms with Gasteiger partial charge < -0.3 is 19.9 Å². The van der Waals surface area contributed by atoms with Crippen LogP contribution in [0.25, 0.3) is 0 Å². The Kier molecular flexibility index (Phi) is 4.77. The Morgan fingerprint density at radius 3 is 3.05 bits per heavy atom. The van der Waals surface area contributed by atoms with Crippen molar-refractivity contribution < 1.29 is 9.53 Å². The number of hydrogen-bond donors (Lipinski definition) is 2. The molecule has 2 heterocycles. The van der Waals surface area contributed by atoms with Crippen molar-refractivity contribution in [2.24, 2.45) is 0 Å². The lowest BCUT2D eigenvalue weighted by molar-refractivity contribution is -0.122.